The van der Waals surface area contributed by atoms with Crippen LogP contribution < -0.4 is 0 Å². The van der Waals surface area contributed by atoms with Gasteiger partial charge in [0.2, 0.25) is 6.29 Å². The molecule has 0 spiro atoms. The molecular formula is C11H13ClN2O3. The van der Waals surface area contributed by atoms with Crippen LogP contribution in [0.2, 0.25) is 5.15 Å². The molecule has 2 heterocycles. The molecule has 0 bridgehead atoms. The Morgan fingerprint density at radius 2 is 2.41 bits per heavy atom. The summed E-state index contributed by atoms with van der Waals surface area (Å²) in [6.07, 6.45) is -1.57. The van der Waals surface area contributed by atoms with Gasteiger partial charge >= 0.3 is 0 Å². The van der Waals surface area contributed by atoms with Gasteiger partial charge in [-0.25, -0.2) is 4.98 Å². The molecule has 2 atom stereocenters. The number of morpholine rings is 1. The van der Waals surface area contributed by atoms with Crippen LogP contribution in [-0.2, 0) is 16.1 Å². The van der Waals surface area contributed by atoms with E-state index in [1.54, 1.807) is 25.1 Å². The van der Waals surface area contributed by atoms with Crippen LogP contribution in [0.3, 0.4) is 0 Å². The van der Waals surface area contributed by atoms with Crippen LogP contribution in [-0.4, -0.2) is 39.8 Å². The Kier molecular flexibility index (Phi) is 3.61. The second-order valence-corrected chi connectivity index (χ2v) is 4.36. The molecule has 1 aromatic heterocycles. The molecule has 0 radical (unpaired) electrons. The third-order valence-electron chi connectivity index (χ3n) is 2.49. The van der Waals surface area contributed by atoms with E-state index in [4.69, 9.17) is 16.3 Å². The molecule has 1 amide bonds. The van der Waals surface area contributed by atoms with E-state index < -0.39 is 12.2 Å². The van der Waals surface area contributed by atoms with E-state index in [9.17, 15) is 9.90 Å². The van der Waals surface area contributed by atoms with Crippen LogP contribution in [0.4, 0.5) is 0 Å². The number of aromatic nitrogens is 1. The van der Waals surface area contributed by atoms with E-state index in [2.05, 4.69) is 4.98 Å². The van der Waals surface area contributed by atoms with Gasteiger partial charge in [-0.05, 0) is 19.1 Å². The highest BCUT2D eigenvalue weighted by atomic mass is 35.5. The van der Waals surface area contributed by atoms with E-state index in [-0.39, 0.29) is 6.10 Å². The van der Waals surface area contributed by atoms with Crippen LogP contribution in [0.25, 0.3) is 0 Å². The molecule has 2 unspecified atom stereocenters. The second kappa shape index (κ2) is 5.00. The maximum absolute atomic E-state index is 11.7. The number of nitrogens with zero attached hydrogens (tertiary/aromatic N) is 2. The molecule has 0 aromatic carbocycles. The fraction of sp³-hybridized carbons (Fsp3) is 0.455. The lowest BCUT2D eigenvalue weighted by Gasteiger charge is -2.33. The number of rotatable bonds is 2. The molecule has 17 heavy (non-hydrogen) atoms. The van der Waals surface area contributed by atoms with Crippen molar-refractivity contribution >= 4 is 17.5 Å². The Morgan fingerprint density at radius 3 is 3.12 bits per heavy atom. The van der Waals surface area contributed by atoms with Gasteiger partial charge in [-0.3, -0.25) is 4.79 Å². The zero-order chi connectivity index (χ0) is 12.4. The van der Waals surface area contributed by atoms with Gasteiger partial charge in [-0.2, -0.15) is 0 Å². The molecular weight excluding hydrogens is 244 g/mol. The number of hydrogen-bond acceptors (Lipinski definition) is 4. The minimum absolute atomic E-state index is 0.193. The average Bonchev–Trinajstić information content (AvgIpc) is 2.25. The third kappa shape index (κ3) is 2.94. The predicted octanol–water partition coefficient (Wildman–Crippen LogP) is 0.801. The van der Waals surface area contributed by atoms with Crippen LogP contribution in [0.1, 0.15) is 12.6 Å². The van der Waals surface area contributed by atoms with E-state index >= 15 is 0 Å². The molecule has 1 aliphatic rings. The number of hydrogen-bond donors (Lipinski definition) is 1. The summed E-state index contributed by atoms with van der Waals surface area (Å²) in [6, 6.07) is 5.23. The van der Waals surface area contributed by atoms with Crippen molar-refractivity contribution in [3.8, 4) is 0 Å². The first-order valence-corrected chi connectivity index (χ1v) is 5.68. The Bertz CT molecular complexity index is 427. The number of aliphatic hydroxyl groups is 1. The SMILES string of the molecule is CC1CN(Cc2cccc(Cl)n2)C(=O)C(O)O1. The van der Waals surface area contributed by atoms with Gasteiger partial charge in [-0.1, -0.05) is 17.7 Å². The van der Waals surface area contributed by atoms with Gasteiger partial charge in [0.1, 0.15) is 5.15 Å². The van der Waals surface area contributed by atoms with Crippen LogP contribution in [0.5, 0.6) is 0 Å². The van der Waals surface area contributed by atoms with E-state index in [0.29, 0.717) is 23.9 Å². The van der Waals surface area contributed by atoms with Crippen molar-refractivity contribution in [2.45, 2.75) is 25.9 Å². The molecule has 5 nitrogen and oxygen atoms in total. The first-order chi connectivity index (χ1) is 8.06. The van der Waals surface area contributed by atoms with Crippen molar-refractivity contribution in [1.82, 2.24) is 9.88 Å². The fourth-order valence-corrected chi connectivity index (χ4v) is 1.94. The molecule has 0 aliphatic carbocycles. The maximum atomic E-state index is 11.7. The summed E-state index contributed by atoms with van der Waals surface area (Å²) in [6.45, 7) is 2.56. The topological polar surface area (TPSA) is 62.7 Å². The van der Waals surface area contributed by atoms with Crippen LogP contribution in [0, 0.1) is 0 Å². The number of amides is 1. The zero-order valence-corrected chi connectivity index (χ0v) is 10.1. The smallest absolute Gasteiger partial charge is 0.279 e. The fourth-order valence-electron chi connectivity index (χ4n) is 1.75. The average molecular weight is 257 g/mol. The third-order valence-corrected chi connectivity index (χ3v) is 2.70. The molecule has 1 aromatic rings. The van der Waals surface area contributed by atoms with Gasteiger partial charge in [-0.15, -0.1) is 0 Å². The summed E-state index contributed by atoms with van der Waals surface area (Å²) >= 11 is 5.77. The van der Waals surface area contributed by atoms with Crippen molar-refractivity contribution in [3.63, 3.8) is 0 Å². The Morgan fingerprint density at radius 1 is 1.65 bits per heavy atom. The lowest BCUT2D eigenvalue weighted by atomic mass is 10.2. The summed E-state index contributed by atoms with van der Waals surface area (Å²) in [5, 5.41) is 9.78. The highest BCUT2D eigenvalue weighted by Gasteiger charge is 2.31. The molecule has 92 valence electrons. The van der Waals surface area contributed by atoms with E-state index in [0.717, 1.165) is 0 Å². The molecule has 2 rings (SSSR count). The molecule has 1 aliphatic heterocycles. The van der Waals surface area contributed by atoms with E-state index in [1.807, 2.05) is 0 Å². The largest absolute Gasteiger partial charge is 0.360 e. The van der Waals surface area contributed by atoms with Gasteiger partial charge in [0.15, 0.2) is 0 Å². The first kappa shape index (κ1) is 12.3. The maximum Gasteiger partial charge on any atom is 0.279 e. The lowest BCUT2D eigenvalue weighted by Crippen LogP contribution is -2.50. The zero-order valence-electron chi connectivity index (χ0n) is 9.34. The van der Waals surface area contributed by atoms with Crippen molar-refractivity contribution in [2.75, 3.05) is 6.54 Å². The first-order valence-electron chi connectivity index (χ1n) is 5.30. The lowest BCUT2D eigenvalue weighted by molar-refractivity contribution is -0.198. The molecule has 1 fully saturated rings. The monoisotopic (exact) mass is 256 g/mol. The number of ether oxygens (including phenoxy) is 1. The van der Waals surface area contributed by atoms with Gasteiger partial charge < -0.3 is 14.7 Å². The highest BCUT2D eigenvalue weighted by Crippen LogP contribution is 2.14. The van der Waals surface area contributed by atoms with Crippen LogP contribution >= 0.6 is 11.6 Å². The number of halogens is 1. The van der Waals surface area contributed by atoms with Gasteiger partial charge in [0.25, 0.3) is 5.91 Å². The summed E-state index contributed by atoms with van der Waals surface area (Å²) in [4.78, 5) is 17.3. The standard InChI is InChI=1S/C11H13ClN2O3/c1-7-5-14(10(15)11(16)17-7)6-8-3-2-4-9(12)13-8/h2-4,7,11,16H,5-6H2,1H3. The molecule has 0 saturated carbocycles. The summed E-state index contributed by atoms with van der Waals surface area (Å²) in [7, 11) is 0. The van der Waals surface area contributed by atoms with Crippen molar-refractivity contribution in [2.24, 2.45) is 0 Å². The van der Waals surface area contributed by atoms with Gasteiger partial charge in [0.05, 0.1) is 18.3 Å². The molecule has 1 saturated heterocycles. The van der Waals surface area contributed by atoms with Crippen LogP contribution in [0.15, 0.2) is 18.2 Å². The Hall–Kier alpha value is -1.17. The summed E-state index contributed by atoms with van der Waals surface area (Å²) in [5.74, 6) is -0.440. The number of pyridine rings is 1. The summed E-state index contributed by atoms with van der Waals surface area (Å²) < 4.78 is 5.01. The quantitative estimate of drug-likeness (QED) is 0.795. The Balaban J connectivity index is 2.09. The van der Waals surface area contributed by atoms with E-state index in [1.165, 1.54) is 4.90 Å². The highest BCUT2D eigenvalue weighted by molar-refractivity contribution is 6.29. The number of carbonyl (C=O) groups is 1. The van der Waals surface area contributed by atoms with Crippen molar-refractivity contribution in [3.05, 3.63) is 29.0 Å². The van der Waals surface area contributed by atoms with Crippen molar-refractivity contribution < 1.29 is 14.6 Å². The van der Waals surface area contributed by atoms with Crippen molar-refractivity contribution in [1.29, 1.82) is 0 Å². The number of carbonyl (C=O) groups excluding carboxylic acids is 1. The molecule has 6 heteroatoms. The predicted molar refractivity (Wildman–Crippen MR) is 61.2 cm³/mol. The molecule has 1 N–H and O–H groups in total. The minimum Gasteiger partial charge on any atom is -0.360 e. The summed E-state index contributed by atoms with van der Waals surface area (Å²) in [5.41, 5.74) is 0.687. The normalized spacial score (nSPS) is 25.1. The minimum atomic E-state index is -1.38. The second-order valence-electron chi connectivity index (χ2n) is 3.97. The Labute approximate surface area is 104 Å². The van der Waals surface area contributed by atoms with Gasteiger partial charge in [0, 0.05) is 6.54 Å². The number of aliphatic hydroxyl groups excluding tert-OH is 1.